The minimum atomic E-state index is -0.166. The zero-order valence-corrected chi connectivity index (χ0v) is 16.9. The molecule has 1 N–H and O–H groups in total. The van der Waals surface area contributed by atoms with Gasteiger partial charge in [-0.25, -0.2) is 9.50 Å². The normalized spacial score (nSPS) is 17.2. The molecule has 4 rings (SSSR count). The van der Waals surface area contributed by atoms with E-state index in [2.05, 4.69) is 10.4 Å². The van der Waals surface area contributed by atoms with Crippen LogP contribution in [-0.2, 0) is 4.79 Å². The number of hydrogen-bond donors (Lipinski definition) is 1. The molecule has 1 fully saturated rings. The van der Waals surface area contributed by atoms with Gasteiger partial charge in [0.15, 0.2) is 11.5 Å². The molecule has 1 saturated heterocycles. The molecule has 1 aliphatic rings. The molecule has 0 radical (unpaired) electrons. The Morgan fingerprint density at radius 2 is 2.03 bits per heavy atom. The lowest BCUT2D eigenvalue weighted by molar-refractivity contribution is -0.119. The van der Waals surface area contributed by atoms with Gasteiger partial charge in [0.2, 0.25) is 11.8 Å². The highest BCUT2D eigenvalue weighted by Crippen LogP contribution is 2.34. The smallest absolute Gasteiger partial charge is 0.241 e. The monoisotopic (exact) mass is 396 g/mol. The summed E-state index contributed by atoms with van der Waals surface area (Å²) in [5, 5.41) is 7.29. The van der Waals surface area contributed by atoms with E-state index in [1.807, 2.05) is 38.2 Å². The molecular formula is C21H24N4O4. The van der Waals surface area contributed by atoms with Crippen LogP contribution >= 0.6 is 0 Å². The number of benzene rings is 1. The van der Waals surface area contributed by atoms with Crippen molar-refractivity contribution in [1.29, 1.82) is 0 Å². The summed E-state index contributed by atoms with van der Waals surface area (Å²) >= 11 is 0. The molecule has 152 valence electrons. The molecule has 3 aromatic rings. The molecule has 0 spiro atoms. The lowest BCUT2D eigenvalue weighted by Crippen LogP contribution is -2.26. The zero-order chi connectivity index (χ0) is 20.5. The van der Waals surface area contributed by atoms with Crippen LogP contribution < -0.4 is 19.5 Å². The van der Waals surface area contributed by atoms with Crippen LogP contribution in [0, 0.1) is 12.8 Å². The lowest BCUT2D eigenvalue weighted by atomic mass is 10.0. The number of fused-ring (bicyclic) bond motifs is 1. The summed E-state index contributed by atoms with van der Waals surface area (Å²) in [6, 6.07) is 5.63. The van der Waals surface area contributed by atoms with Crippen LogP contribution in [0.2, 0.25) is 0 Å². The van der Waals surface area contributed by atoms with E-state index in [0.717, 1.165) is 16.6 Å². The van der Waals surface area contributed by atoms with Crippen molar-refractivity contribution in [2.75, 3.05) is 20.8 Å². The Labute approximate surface area is 168 Å². The Balaban J connectivity index is 1.74. The van der Waals surface area contributed by atoms with Crippen molar-refractivity contribution in [3.05, 3.63) is 36.2 Å². The number of aromatic nitrogens is 3. The van der Waals surface area contributed by atoms with Gasteiger partial charge < -0.3 is 19.5 Å². The van der Waals surface area contributed by atoms with E-state index < -0.39 is 0 Å². The lowest BCUT2D eigenvalue weighted by Gasteiger charge is -2.20. The van der Waals surface area contributed by atoms with Crippen molar-refractivity contribution in [3.8, 4) is 28.6 Å². The fourth-order valence-corrected chi connectivity index (χ4v) is 3.57. The van der Waals surface area contributed by atoms with Crippen LogP contribution in [0.3, 0.4) is 0 Å². The topological polar surface area (TPSA) is 87.0 Å². The number of rotatable bonds is 6. The fourth-order valence-electron chi connectivity index (χ4n) is 3.57. The standard InChI is InChI=1S/C21H24N4O4/c1-12-9-23-25-11-16(14-5-6-17(27-3)18(7-14)28-4)24-21(20(12)25)29-13(2)15-8-19(26)22-10-15/h5-7,9,11,13,15H,8,10H2,1-4H3,(H,22,26)/t13-,15?/m1/s1. The van der Waals surface area contributed by atoms with Crippen LogP contribution in [0.25, 0.3) is 16.8 Å². The quantitative estimate of drug-likeness (QED) is 0.689. The van der Waals surface area contributed by atoms with E-state index in [1.54, 1.807) is 24.9 Å². The van der Waals surface area contributed by atoms with E-state index in [9.17, 15) is 4.79 Å². The summed E-state index contributed by atoms with van der Waals surface area (Å²) in [5.74, 6) is 1.94. The maximum atomic E-state index is 11.6. The summed E-state index contributed by atoms with van der Waals surface area (Å²) in [6.45, 7) is 4.56. The minimum absolute atomic E-state index is 0.0585. The molecule has 8 nitrogen and oxygen atoms in total. The molecule has 8 heteroatoms. The molecule has 3 heterocycles. The Morgan fingerprint density at radius 1 is 1.24 bits per heavy atom. The highest BCUT2D eigenvalue weighted by Gasteiger charge is 2.29. The highest BCUT2D eigenvalue weighted by molar-refractivity contribution is 5.78. The second-order valence-corrected chi connectivity index (χ2v) is 7.21. The SMILES string of the molecule is COc1ccc(-c2cn3ncc(C)c3c(O[C@H](C)C3CNC(=O)C3)n2)cc1OC. The number of amides is 1. The number of nitrogens with one attached hydrogen (secondary N) is 1. The zero-order valence-electron chi connectivity index (χ0n) is 16.9. The van der Waals surface area contributed by atoms with Gasteiger partial charge in [-0.15, -0.1) is 0 Å². The summed E-state index contributed by atoms with van der Waals surface area (Å²) in [7, 11) is 3.20. The van der Waals surface area contributed by atoms with Gasteiger partial charge in [0.05, 0.1) is 32.3 Å². The van der Waals surface area contributed by atoms with E-state index in [0.29, 0.717) is 36.0 Å². The Bertz CT molecular complexity index is 1060. The first-order valence-corrected chi connectivity index (χ1v) is 9.51. The molecule has 1 amide bonds. The minimum Gasteiger partial charge on any atom is -0.493 e. The molecular weight excluding hydrogens is 372 g/mol. The van der Waals surface area contributed by atoms with Crippen molar-refractivity contribution in [2.45, 2.75) is 26.4 Å². The number of aryl methyl sites for hydroxylation is 1. The van der Waals surface area contributed by atoms with Crippen LogP contribution in [0.4, 0.5) is 0 Å². The largest absolute Gasteiger partial charge is 0.493 e. The first-order chi connectivity index (χ1) is 14.0. The number of nitrogens with zero attached hydrogens (tertiary/aromatic N) is 3. The van der Waals surface area contributed by atoms with Crippen molar-refractivity contribution >= 4 is 11.4 Å². The molecule has 1 aromatic carbocycles. The van der Waals surface area contributed by atoms with Crippen LogP contribution in [-0.4, -0.2) is 47.4 Å². The van der Waals surface area contributed by atoms with Crippen molar-refractivity contribution in [2.24, 2.45) is 5.92 Å². The predicted molar refractivity (Wildman–Crippen MR) is 107 cm³/mol. The molecule has 29 heavy (non-hydrogen) atoms. The van der Waals surface area contributed by atoms with Gasteiger partial charge in [0.25, 0.3) is 0 Å². The molecule has 0 aliphatic carbocycles. The van der Waals surface area contributed by atoms with E-state index >= 15 is 0 Å². The average Bonchev–Trinajstić information content (AvgIpc) is 3.33. The number of carbonyl (C=O) groups is 1. The molecule has 1 unspecified atom stereocenters. The second kappa shape index (κ2) is 7.62. The van der Waals surface area contributed by atoms with Gasteiger partial charge in [-0.05, 0) is 32.0 Å². The maximum Gasteiger partial charge on any atom is 0.241 e. The fraction of sp³-hybridized carbons (Fsp3) is 0.381. The van der Waals surface area contributed by atoms with Crippen molar-refractivity contribution in [1.82, 2.24) is 19.9 Å². The first kappa shape index (κ1) is 19.0. The van der Waals surface area contributed by atoms with Gasteiger partial charge in [0, 0.05) is 30.0 Å². The Morgan fingerprint density at radius 3 is 2.72 bits per heavy atom. The maximum absolute atomic E-state index is 11.6. The van der Waals surface area contributed by atoms with Gasteiger partial charge in [-0.1, -0.05) is 0 Å². The average molecular weight is 396 g/mol. The van der Waals surface area contributed by atoms with Crippen LogP contribution in [0.15, 0.2) is 30.6 Å². The number of ether oxygens (including phenoxy) is 3. The first-order valence-electron chi connectivity index (χ1n) is 9.51. The summed E-state index contributed by atoms with van der Waals surface area (Å²) < 4.78 is 18.8. The van der Waals surface area contributed by atoms with Crippen LogP contribution in [0.5, 0.6) is 17.4 Å². The van der Waals surface area contributed by atoms with Gasteiger partial charge >= 0.3 is 0 Å². The predicted octanol–water partition coefficient (Wildman–Crippen LogP) is 2.63. The van der Waals surface area contributed by atoms with Gasteiger partial charge in [-0.2, -0.15) is 5.10 Å². The Hall–Kier alpha value is -3.29. The van der Waals surface area contributed by atoms with E-state index in [4.69, 9.17) is 19.2 Å². The molecule has 2 atom stereocenters. The third kappa shape index (κ3) is 3.57. The third-order valence-electron chi connectivity index (χ3n) is 5.30. The van der Waals surface area contributed by atoms with E-state index in [-0.39, 0.29) is 17.9 Å². The Kier molecular flexibility index (Phi) is 5.00. The number of methoxy groups -OCH3 is 2. The van der Waals surface area contributed by atoms with Gasteiger partial charge in [0.1, 0.15) is 11.6 Å². The molecule has 0 bridgehead atoms. The summed E-state index contributed by atoms with van der Waals surface area (Å²) in [6.07, 6.45) is 3.95. The molecule has 0 saturated carbocycles. The summed E-state index contributed by atoms with van der Waals surface area (Å²) in [4.78, 5) is 16.3. The van der Waals surface area contributed by atoms with Crippen molar-refractivity contribution in [3.63, 3.8) is 0 Å². The number of hydrogen-bond acceptors (Lipinski definition) is 6. The highest BCUT2D eigenvalue weighted by atomic mass is 16.5. The van der Waals surface area contributed by atoms with Gasteiger partial charge in [-0.3, -0.25) is 4.79 Å². The van der Waals surface area contributed by atoms with Crippen molar-refractivity contribution < 1.29 is 19.0 Å². The summed E-state index contributed by atoms with van der Waals surface area (Å²) in [5.41, 5.74) is 3.34. The number of carbonyl (C=O) groups excluding carboxylic acids is 1. The third-order valence-corrected chi connectivity index (χ3v) is 5.30. The van der Waals surface area contributed by atoms with Crippen LogP contribution in [0.1, 0.15) is 18.9 Å². The molecule has 2 aromatic heterocycles. The second-order valence-electron chi connectivity index (χ2n) is 7.21. The van der Waals surface area contributed by atoms with E-state index in [1.165, 1.54) is 0 Å². The molecule has 1 aliphatic heterocycles.